The first-order chi connectivity index (χ1) is 7.02. The van der Waals surface area contributed by atoms with Crippen molar-refractivity contribution in [2.75, 3.05) is 18.0 Å². The van der Waals surface area contributed by atoms with Crippen LogP contribution in [0.4, 0.5) is 18.9 Å². The number of anilines is 1. The number of carbonyl (C=O) groups excluding carboxylic acids is 1. The fourth-order valence-electron chi connectivity index (χ4n) is 1.59. The summed E-state index contributed by atoms with van der Waals surface area (Å²) in [6.07, 6.45) is 0.467. The first kappa shape index (κ1) is 10.0. The van der Waals surface area contributed by atoms with Crippen LogP contribution >= 0.6 is 0 Å². The zero-order valence-corrected chi connectivity index (χ0v) is 7.71. The molecule has 1 aromatic rings. The van der Waals surface area contributed by atoms with Crippen LogP contribution < -0.4 is 4.90 Å². The van der Waals surface area contributed by atoms with Gasteiger partial charge in [-0.2, -0.15) is 0 Å². The molecule has 2 nitrogen and oxygen atoms in total. The Hall–Kier alpha value is -1.52. The summed E-state index contributed by atoms with van der Waals surface area (Å²) in [5, 5.41) is 0. The number of hydrogen-bond donors (Lipinski definition) is 0. The third-order valence-electron chi connectivity index (χ3n) is 2.30. The molecule has 1 saturated heterocycles. The summed E-state index contributed by atoms with van der Waals surface area (Å²) in [6.45, 7) is -0.834. The molecule has 0 aliphatic carbocycles. The molecule has 0 atom stereocenters. The van der Waals surface area contributed by atoms with Crippen molar-refractivity contribution in [1.29, 1.82) is 0 Å². The standard InChI is InChI=1S/C10H8F3NO/c11-8-1-2-9(7(3-8)4-15)14-5-10(12,13)6-14/h1-4H,5-6H2. The Morgan fingerprint density at radius 3 is 2.53 bits per heavy atom. The van der Waals surface area contributed by atoms with Gasteiger partial charge in [-0.15, -0.1) is 0 Å². The van der Waals surface area contributed by atoms with Crippen LogP contribution in [0.5, 0.6) is 0 Å². The predicted octanol–water partition coefficient (Wildman–Crippen LogP) is 2.09. The number of benzene rings is 1. The monoisotopic (exact) mass is 215 g/mol. The van der Waals surface area contributed by atoms with Crippen LogP contribution in [0.25, 0.3) is 0 Å². The van der Waals surface area contributed by atoms with Crippen molar-refractivity contribution in [3.05, 3.63) is 29.6 Å². The molecule has 15 heavy (non-hydrogen) atoms. The van der Waals surface area contributed by atoms with Gasteiger partial charge in [-0.1, -0.05) is 0 Å². The summed E-state index contributed by atoms with van der Waals surface area (Å²) in [4.78, 5) is 12.0. The van der Waals surface area contributed by atoms with E-state index in [9.17, 15) is 18.0 Å². The average Bonchev–Trinajstić information content (AvgIpc) is 2.14. The molecule has 0 amide bonds. The number of halogens is 3. The molecule has 80 valence electrons. The molecule has 0 spiro atoms. The summed E-state index contributed by atoms with van der Waals surface area (Å²) < 4.78 is 37.9. The van der Waals surface area contributed by atoms with Crippen LogP contribution in [0.2, 0.25) is 0 Å². The summed E-state index contributed by atoms with van der Waals surface area (Å²) in [7, 11) is 0. The molecule has 0 N–H and O–H groups in total. The number of aldehydes is 1. The van der Waals surface area contributed by atoms with E-state index in [1.807, 2.05) is 0 Å². The maximum absolute atomic E-state index is 12.7. The van der Waals surface area contributed by atoms with Crippen LogP contribution in [0.3, 0.4) is 0 Å². The average molecular weight is 215 g/mol. The largest absolute Gasteiger partial charge is 0.359 e. The normalized spacial score (nSPS) is 18.5. The van der Waals surface area contributed by atoms with E-state index in [4.69, 9.17) is 0 Å². The fraction of sp³-hybridized carbons (Fsp3) is 0.300. The predicted molar refractivity (Wildman–Crippen MR) is 48.9 cm³/mol. The maximum Gasteiger partial charge on any atom is 0.282 e. The van der Waals surface area contributed by atoms with Gasteiger partial charge in [0.25, 0.3) is 5.92 Å². The molecule has 2 rings (SSSR count). The molecule has 1 heterocycles. The van der Waals surface area contributed by atoms with Crippen LogP contribution in [0.1, 0.15) is 10.4 Å². The van der Waals surface area contributed by atoms with E-state index >= 15 is 0 Å². The van der Waals surface area contributed by atoms with E-state index in [1.54, 1.807) is 0 Å². The van der Waals surface area contributed by atoms with E-state index in [0.717, 1.165) is 12.1 Å². The smallest absolute Gasteiger partial charge is 0.282 e. The highest BCUT2D eigenvalue weighted by atomic mass is 19.3. The van der Waals surface area contributed by atoms with E-state index in [0.29, 0.717) is 12.0 Å². The van der Waals surface area contributed by atoms with Gasteiger partial charge in [0.15, 0.2) is 6.29 Å². The molecule has 1 fully saturated rings. The molecule has 0 bridgehead atoms. The Labute approximate surface area is 84.3 Å². The van der Waals surface area contributed by atoms with Crippen LogP contribution in [-0.4, -0.2) is 25.3 Å². The van der Waals surface area contributed by atoms with Crippen LogP contribution in [-0.2, 0) is 0 Å². The summed E-state index contributed by atoms with van der Waals surface area (Å²) in [5.74, 6) is -3.25. The Kier molecular flexibility index (Phi) is 2.17. The molecule has 0 aromatic heterocycles. The van der Waals surface area contributed by atoms with Gasteiger partial charge in [0, 0.05) is 11.3 Å². The van der Waals surface area contributed by atoms with Gasteiger partial charge >= 0.3 is 0 Å². The van der Waals surface area contributed by atoms with Gasteiger partial charge in [-0.05, 0) is 18.2 Å². The van der Waals surface area contributed by atoms with Gasteiger partial charge in [-0.25, -0.2) is 13.2 Å². The third-order valence-corrected chi connectivity index (χ3v) is 2.30. The maximum atomic E-state index is 12.7. The van der Waals surface area contributed by atoms with E-state index in [2.05, 4.69) is 0 Å². The highest BCUT2D eigenvalue weighted by Crippen LogP contribution is 2.33. The van der Waals surface area contributed by atoms with E-state index in [-0.39, 0.29) is 5.56 Å². The Bertz CT molecular complexity index is 398. The molecule has 1 aliphatic rings. The highest BCUT2D eigenvalue weighted by molar-refractivity contribution is 5.85. The molecule has 0 radical (unpaired) electrons. The van der Waals surface area contributed by atoms with Crippen molar-refractivity contribution in [2.24, 2.45) is 0 Å². The van der Waals surface area contributed by atoms with Gasteiger partial charge in [0.05, 0.1) is 13.1 Å². The zero-order chi connectivity index (χ0) is 11.1. The van der Waals surface area contributed by atoms with Crippen molar-refractivity contribution in [1.82, 2.24) is 0 Å². The second kappa shape index (κ2) is 3.25. The third kappa shape index (κ3) is 1.82. The fourth-order valence-corrected chi connectivity index (χ4v) is 1.59. The highest BCUT2D eigenvalue weighted by Gasteiger charge is 2.44. The Balaban J connectivity index is 2.26. The molecular weight excluding hydrogens is 207 g/mol. The minimum Gasteiger partial charge on any atom is -0.359 e. The molecule has 1 aromatic carbocycles. The summed E-state index contributed by atoms with van der Waals surface area (Å²) >= 11 is 0. The lowest BCUT2D eigenvalue weighted by Gasteiger charge is -2.40. The number of rotatable bonds is 2. The Morgan fingerprint density at radius 1 is 1.33 bits per heavy atom. The molecule has 0 saturated carbocycles. The quantitative estimate of drug-likeness (QED) is 0.704. The van der Waals surface area contributed by atoms with Crippen molar-refractivity contribution in [3.63, 3.8) is 0 Å². The van der Waals surface area contributed by atoms with E-state index in [1.165, 1.54) is 11.0 Å². The lowest BCUT2D eigenvalue weighted by molar-refractivity contribution is -0.0263. The summed E-state index contributed by atoms with van der Waals surface area (Å²) in [6, 6.07) is 3.53. The minimum absolute atomic E-state index is 0.102. The zero-order valence-electron chi connectivity index (χ0n) is 7.71. The number of nitrogens with zero attached hydrogens (tertiary/aromatic N) is 1. The molecule has 0 unspecified atom stereocenters. The van der Waals surface area contributed by atoms with Crippen molar-refractivity contribution >= 4 is 12.0 Å². The number of hydrogen-bond acceptors (Lipinski definition) is 2. The molecular formula is C10H8F3NO. The second-order valence-corrected chi connectivity index (χ2v) is 3.53. The van der Waals surface area contributed by atoms with Gasteiger partial charge in [-0.3, -0.25) is 4.79 Å². The van der Waals surface area contributed by atoms with Crippen LogP contribution in [0, 0.1) is 5.82 Å². The minimum atomic E-state index is -2.70. The number of alkyl halides is 2. The first-order valence-electron chi connectivity index (χ1n) is 4.39. The second-order valence-electron chi connectivity index (χ2n) is 3.53. The topological polar surface area (TPSA) is 20.3 Å². The number of carbonyl (C=O) groups is 1. The van der Waals surface area contributed by atoms with Crippen molar-refractivity contribution < 1.29 is 18.0 Å². The van der Waals surface area contributed by atoms with Gasteiger partial charge < -0.3 is 4.90 Å². The molecule has 5 heteroatoms. The van der Waals surface area contributed by atoms with Gasteiger partial charge in [0.1, 0.15) is 5.82 Å². The van der Waals surface area contributed by atoms with E-state index < -0.39 is 24.8 Å². The first-order valence-corrected chi connectivity index (χ1v) is 4.39. The summed E-state index contributed by atoms with van der Waals surface area (Å²) in [5.41, 5.74) is 0.461. The van der Waals surface area contributed by atoms with Gasteiger partial charge in [0.2, 0.25) is 0 Å². The SMILES string of the molecule is O=Cc1cc(F)ccc1N1CC(F)(F)C1. The van der Waals surface area contributed by atoms with Crippen molar-refractivity contribution in [2.45, 2.75) is 5.92 Å². The molecule has 1 aliphatic heterocycles. The lowest BCUT2D eigenvalue weighted by atomic mass is 10.1. The van der Waals surface area contributed by atoms with Crippen molar-refractivity contribution in [3.8, 4) is 0 Å². The van der Waals surface area contributed by atoms with Crippen LogP contribution in [0.15, 0.2) is 18.2 Å². The Morgan fingerprint density at radius 2 is 2.00 bits per heavy atom. The lowest BCUT2D eigenvalue weighted by Crippen LogP contribution is -2.56.